The maximum absolute atomic E-state index is 12.8. The van der Waals surface area contributed by atoms with Gasteiger partial charge in [-0.3, -0.25) is 37.8 Å². The number of aliphatic hydroxyl groups is 2. The van der Waals surface area contributed by atoms with E-state index in [0.717, 1.165) is 37.6 Å². The number of esters is 2. The summed E-state index contributed by atoms with van der Waals surface area (Å²) < 4.78 is 61.0. The van der Waals surface area contributed by atoms with Crippen LogP contribution in [0.25, 0.3) is 0 Å². The van der Waals surface area contributed by atoms with E-state index in [2.05, 4.69) is 14.2 Å². The molecule has 2 fully saturated rings. The molecule has 0 aliphatic carbocycles. The van der Waals surface area contributed by atoms with Crippen LogP contribution in [0.15, 0.2) is 21.9 Å². The molecule has 0 aromatic carbocycles. The first kappa shape index (κ1) is 36.6. The predicted octanol–water partition coefficient (Wildman–Crippen LogP) is -3.54. The third-order valence-electron chi connectivity index (χ3n) is 6.16. The molecule has 0 bridgehead atoms. The Bertz CT molecular complexity index is 1470. The van der Waals surface area contributed by atoms with Gasteiger partial charge in [0.15, 0.2) is 24.7 Å². The van der Waals surface area contributed by atoms with Crippen LogP contribution in [0.2, 0.25) is 0 Å². The summed E-state index contributed by atoms with van der Waals surface area (Å²) in [5.41, 5.74) is 3.90. The van der Waals surface area contributed by atoms with Crippen LogP contribution in [0.5, 0.6) is 0 Å². The fraction of sp³-hybridized carbons (Fsp3) is 0.667. The molecule has 45 heavy (non-hydrogen) atoms. The first-order chi connectivity index (χ1) is 20.8. The number of amides is 1. The lowest BCUT2D eigenvalue weighted by atomic mass is 9.96. The molecule has 1 amide bonds. The van der Waals surface area contributed by atoms with Crippen LogP contribution < -0.4 is 22.3 Å². The minimum Gasteiger partial charge on any atom is -0.456 e. The van der Waals surface area contributed by atoms with Crippen LogP contribution in [0.4, 0.5) is 0 Å². The van der Waals surface area contributed by atoms with Gasteiger partial charge >= 0.3 is 33.3 Å². The Morgan fingerprint density at radius 2 is 1.62 bits per heavy atom. The Balaban J connectivity index is 1.74. The van der Waals surface area contributed by atoms with Gasteiger partial charge in [-0.2, -0.15) is 4.31 Å². The molecule has 254 valence electrons. The van der Waals surface area contributed by atoms with Crippen molar-refractivity contribution in [3.63, 3.8) is 0 Å². The molecule has 1 aromatic heterocycles. The molecule has 3 heterocycles. The van der Waals surface area contributed by atoms with Gasteiger partial charge in [0.25, 0.3) is 5.56 Å². The van der Waals surface area contributed by atoms with Gasteiger partial charge < -0.3 is 50.0 Å². The summed E-state index contributed by atoms with van der Waals surface area (Å²) in [5.74, 6) is -2.60. The number of phosphoric ester groups is 2. The van der Waals surface area contributed by atoms with E-state index in [9.17, 15) is 53.1 Å². The molecule has 0 radical (unpaired) electrons. The van der Waals surface area contributed by atoms with Gasteiger partial charge in [-0.1, -0.05) is 0 Å². The minimum absolute atomic E-state index is 0.442. The van der Waals surface area contributed by atoms with Crippen LogP contribution in [-0.4, -0.2) is 110 Å². The Labute approximate surface area is 252 Å². The second-order valence-electron chi connectivity index (χ2n) is 9.64. The monoisotopic (exact) mass is 690 g/mol. The molecule has 2 aliphatic rings. The summed E-state index contributed by atoms with van der Waals surface area (Å²) in [4.78, 5) is 81.1. The third-order valence-corrected chi connectivity index (χ3v) is 8.76. The van der Waals surface area contributed by atoms with E-state index in [1.807, 2.05) is 4.98 Å². The molecule has 0 saturated carbocycles. The fourth-order valence-electron chi connectivity index (χ4n) is 4.43. The fourth-order valence-corrected chi connectivity index (χ4v) is 6.60. The zero-order valence-corrected chi connectivity index (χ0v) is 25.5. The average Bonchev–Trinajstić information content (AvgIpc) is 3.17. The first-order valence-electron chi connectivity index (χ1n) is 12.8. The lowest BCUT2D eigenvalue weighted by Crippen LogP contribution is -2.66. The highest BCUT2D eigenvalue weighted by atomic mass is 31.3. The van der Waals surface area contributed by atoms with Crippen molar-refractivity contribution >= 4 is 33.5 Å². The molecule has 3 rings (SSSR count). The highest BCUT2D eigenvalue weighted by Gasteiger charge is 2.53. The number of ether oxygens (including phenoxy) is 4. The van der Waals surface area contributed by atoms with Gasteiger partial charge in [-0.05, 0) is 0 Å². The number of rotatable bonds is 12. The number of phosphoric acid groups is 2. The summed E-state index contributed by atoms with van der Waals surface area (Å²) in [6, 6.07) is -0.742. The van der Waals surface area contributed by atoms with Gasteiger partial charge in [-0.15, -0.1) is 0 Å². The molecule has 24 heteroatoms. The van der Waals surface area contributed by atoms with Crippen molar-refractivity contribution in [3.8, 4) is 0 Å². The zero-order chi connectivity index (χ0) is 33.9. The van der Waals surface area contributed by atoms with Crippen molar-refractivity contribution < 1.29 is 75.8 Å². The normalized spacial score (nSPS) is 32.6. The lowest BCUT2D eigenvalue weighted by Gasteiger charge is -2.44. The molecular weight excluding hydrogens is 658 g/mol. The van der Waals surface area contributed by atoms with E-state index in [4.69, 9.17) is 29.2 Å². The van der Waals surface area contributed by atoms with Gasteiger partial charge in [0.1, 0.15) is 30.5 Å². The standard InChI is InChI=1S/C21H32N4O18P2/c1-8(26)23-14-18(39-10(3)28)17(38-9(2)27)11(6-22)41-20(14)42-45(35,36)43-44(33,34)37-7-12-15(30)16(31)19(40-12)25-5-4-13(29)24-21(25)32/h4-5,11-12,14-20,30-31H,6-7,22H2,1-3H3,(H,23,26)(H,33,34)(H,35,36)(H,24,29,32). The number of carbonyl (C=O) groups excluding carboxylic acids is 3. The molecule has 2 saturated heterocycles. The summed E-state index contributed by atoms with van der Waals surface area (Å²) in [6.07, 6.45) is -12.3. The van der Waals surface area contributed by atoms with Crippen LogP contribution in [0.1, 0.15) is 27.0 Å². The van der Waals surface area contributed by atoms with E-state index in [0.29, 0.717) is 0 Å². The first-order valence-corrected chi connectivity index (χ1v) is 15.8. The van der Waals surface area contributed by atoms with E-state index in [1.54, 1.807) is 0 Å². The van der Waals surface area contributed by atoms with Gasteiger partial charge in [0.05, 0.1) is 6.61 Å². The molecule has 22 nitrogen and oxygen atoms in total. The maximum atomic E-state index is 12.8. The predicted molar refractivity (Wildman–Crippen MR) is 141 cm³/mol. The lowest BCUT2D eigenvalue weighted by molar-refractivity contribution is -0.250. The number of aliphatic hydroxyl groups excluding tert-OH is 2. The van der Waals surface area contributed by atoms with Gasteiger partial charge in [-0.25, -0.2) is 13.9 Å². The van der Waals surface area contributed by atoms with E-state index < -0.39 is 113 Å². The van der Waals surface area contributed by atoms with Crippen molar-refractivity contribution in [2.45, 2.75) is 76.0 Å². The Kier molecular flexibility index (Phi) is 12.0. The highest BCUT2D eigenvalue weighted by molar-refractivity contribution is 7.61. The van der Waals surface area contributed by atoms with Crippen molar-refractivity contribution in [2.75, 3.05) is 13.2 Å². The Morgan fingerprint density at radius 3 is 2.18 bits per heavy atom. The second kappa shape index (κ2) is 14.7. The Hall–Kier alpha value is -2.85. The molecule has 2 aliphatic heterocycles. The number of aromatic amines is 1. The van der Waals surface area contributed by atoms with Crippen molar-refractivity contribution in [1.82, 2.24) is 14.9 Å². The van der Waals surface area contributed by atoms with Crippen LogP contribution in [0, 0.1) is 0 Å². The zero-order valence-electron chi connectivity index (χ0n) is 23.7. The summed E-state index contributed by atoms with van der Waals surface area (Å²) in [6.45, 7) is 1.51. The molecule has 0 spiro atoms. The van der Waals surface area contributed by atoms with Crippen molar-refractivity contribution in [1.29, 1.82) is 0 Å². The summed E-state index contributed by atoms with van der Waals surface area (Å²) in [5, 5.41) is 22.8. The minimum atomic E-state index is -5.70. The number of nitrogens with one attached hydrogen (secondary N) is 2. The third kappa shape index (κ3) is 9.58. The number of nitrogens with zero attached hydrogens (tertiary/aromatic N) is 1. The van der Waals surface area contributed by atoms with Gasteiger partial charge in [0.2, 0.25) is 5.91 Å². The van der Waals surface area contributed by atoms with Gasteiger partial charge in [0, 0.05) is 39.6 Å². The second-order valence-corrected chi connectivity index (χ2v) is 12.6. The van der Waals surface area contributed by atoms with E-state index in [-0.39, 0.29) is 0 Å². The smallest absolute Gasteiger partial charge is 0.456 e. The molecular formula is C21H32N4O18P2. The molecule has 11 atom stereocenters. The number of hydrogen-bond donors (Lipinski definition) is 7. The number of nitrogens with two attached hydrogens (primary N) is 1. The number of H-pyrrole nitrogens is 1. The largest absolute Gasteiger partial charge is 0.483 e. The molecule has 1 aromatic rings. The number of hydrogen-bond acceptors (Lipinski definition) is 17. The average molecular weight is 690 g/mol. The number of aromatic nitrogens is 2. The van der Waals surface area contributed by atoms with Crippen LogP contribution in [0.3, 0.4) is 0 Å². The van der Waals surface area contributed by atoms with Crippen LogP contribution >= 0.6 is 15.6 Å². The van der Waals surface area contributed by atoms with E-state index in [1.165, 1.54) is 0 Å². The number of carbonyl (C=O) groups is 3. The maximum Gasteiger partial charge on any atom is 0.483 e. The SMILES string of the molecule is CC(=O)NC1C(OP(=O)(O)OP(=O)(O)OCC2OC(n3ccc(=O)[nH]c3=O)C(O)C2O)OC(CN)C(OC(C)=O)C1OC(C)=O. The quantitative estimate of drug-likeness (QED) is 0.0824. The van der Waals surface area contributed by atoms with Crippen LogP contribution in [-0.2, 0) is 55.8 Å². The highest BCUT2D eigenvalue weighted by Crippen LogP contribution is 2.61. The molecule has 8 N–H and O–H groups in total. The Morgan fingerprint density at radius 1 is 1.00 bits per heavy atom. The van der Waals surface area contributed by atoms with E-state index >= 15 is 0 Å². The summed E-state index contributed by atoms with van der Waals surface area (Å²) in [7, 11) is -11.3. The van der Waals surface area contributed by atoms with Crippen molar-refractivity contribution in [3.05, 3.63) is 33.1 Å². The summed E-state index contributed by atoms with van der Waals surface area (Å²) >= 11 is 0. The topological polar surface area (TPSA) is 324 Å². The molecule has 11 unspecified atom stereocenters. The van der Waals surface area contributed by atoms with Crippen molar-refractivity contribution in [2.24, 2.45) is 5.73 Å².